The van der Waals surface area contributed by atoms with Crippen LogP contribution in [0.4, 0.5) is 5.69 Å². The van der Waals surface area contributed by atoms with Crippen LogP contribution in [-0.2, 0) is 4.79 Å². The lowest BCUT2D eigenvalue weighted by molar-refractivity contribution is -0.133. The van der Waals surface area contributed by atoms with E-state index in [2.05, 4.69) is 4.90 Å². The first kappa shape index (κ1) is 21.8. The number of ether oxygens (including phenoxy) is 3. The van der Waals surface area contributed by atoms with Crippen molar-refractivity contribution in [2.45, 2.75) is 6.42 Å². The predicted molar refractivity (Wildman–Crippen MR) is 130 cm³/mol. The van der Waals surface area contributed by atoms with E-state index in [-0.39, 0.29) is 12.5 Å². The van der Waals surface area contributed by atoms with Gasteiger partial charge in [-0.3, -0.25) is 4.79 Å². The average Bonchev–Trinajstić information content (AvgIpc) is 3.22. The number of para-hydroxylation sites is 3. The Morgan fingerprint density at radius 3 is 2.59 bits per heavy atom. The first-order valence-electron chi connectivity index (χ1n) is 11.5. The van der Waals surface area contributed by atoms with Gasteiger partial charge in [-0.25, -0.2) is 4.99 Å². The Labute approximate surface area is 199 Å². The summed E-state index contributed by atoms with van der Waals surface area (Å²) in [5.74, 6) is 3.67. The van der Waals surface area contributed by atoms with Gasteiger partial charge in [-0.1, -0.05) is 30.3 Å². The molecule has 7 nitrogen and oxygen atoms in total. The molecule has 7 heteroatoms. The zero-order chi connectivity index (χ0) is 23.3. The Bertz CT molecular complexity index is 1200. The Kier molecular flexibility index (Phi) is 6.33. The number of hydrogen-bond acceptors (Lipinski definition) is 6. The zero-order valence-corrected chi connectivity index (χ0v) is 19.1. The quantitative estimate of drug-likeness (QED) is 0.578. The highest BCUT2D eigenvalue weighted by molar-refractivity contribution is 6.04. The molecule has 2 heterocycles. The normalized spacial score (nSPS) is 15.1. The number of nitrogens with zero attached hydrogens (tertiary/aromatic N) is 3. The van der Waals surface area contributed by atoms with Crippen LogP contribution in [0, 0.1) is 0 Å². The molecule has 0 aromatic heterocycles. The average molecular weight is 458 g/mol. The Hall–Kier alpha value is -4.00. The number of amides is 1. The van der Waals surface area contributed by atoms with Gasteiger partial charge in [0.1, 0.15) is 28.8 Å². The fraction of sp³-hybridized carbons (Fsp3) is 0.259. The third-order valence-electron chi connectivity index (χ3n) is 5.99. The molecule has 0 bridgehead atoms. The van der Waals surface area contributed by atoms with E-state index < -0.39 is 0 Å². The van der Waals surface area contributed by atoms with Gasteiger partial charge in [-0.05, 0) is 42.8 Å². The lowest BCUT2D eigenvalue weighted by atomic mass is 10.1. The first-order valence-corrected chi connectivity index (χ1v) is 11.5. The second-order valence-electron chi connectivity index (χ2n) is 8.19. The van der Waals surface area contributed by atoms with Crippen LogP contribution in [0.2, 0.25) is 0 Å². The molecule has 5 rings (SSSR count). The van der Waals surface area contributed by atoms with E-state index in [1.165, 1.54) is 0 Å². The Balaban J connectivity index is 1.35. The summed E-state index contributed by atoms with van der Waals surface area (Å²) in [6.45, 7) is 2.78. The molecule has 34 heavy (non-hydrogen) atoms. The largest absolute Gasteiger partial charge is 0.497 e. The zero-order valence-electron chi connectivity index (χ0n) is 19.1. The van der Waals surface area contributed by atoms with E-state index in [1.807, 2.05) is 77.7 Å². The number of fused-ring (bicyclic) bond motifs is 2. The van der Waals surface area contributed by atoms with Crippen LogP contribution in [0.1, 0.15) is 12.0 Å². The van der Waals surface area contributed by atoms with Crippen molar-refractivity contribution in [2.24, 2.45) is 4.99 Å². The van der Waals surface area contributed by atoms with Gasteiger partial charge in [0.05, 0.1) is 12.7 Å². The molecule has 0 unspecified atom stereocenters. The van der Waals surface area contributed by atoms with E-state index in [1.54, 1.807) is 7.11 Å². The van der Waals surface area contributed by atoms with E-state index in [9.17, 15) is 4.79 Å². The minimum absolute atomic E-state index is 0.00711. The number of aliphatic imine (C=N–C) groups is 1. The Morgan fingerprint density at radius 1 is 0.912 bits per heavy atom. The summed E-state index contributed by atoms with van der Waals surface area (Å²) in [5.41, 5.74) is 1.69. The Morgan fingerprint density at radius 2 is 1.74 bits per heavy atom. The van der Waals surface area contributed by atoms with Crippen molar-refractivity contribution in [3.8, 4) is 23.0 Å². The number of rotatable bonds is 4. The van der Waals surface area contributed by atoms with Crippen LogP contribution in [0.15, 0.2) is 77.8 Å². The van der Waals surface area contributed by atoms with Crippen molar-refractivity contribution in [1.82, 2.24) is 9.80 Å². The third-order valence-corrected chi connectivity index (χ3v) is 5.99. The van der Waals surface area contributed by atoms with Gasteiger partial charge in [0.15, 0.2) is 12.4 Å². The van der Waals surface area contributed by atoms with Crippen molar-refractivity contribution in [2.75, 3.05) is 39.9 Å². The van der Waals surface area contributed by atoms with Crippen LogP contribution in [0.5, 0.6) is 23.0 Å². The van der Waals surface area contributed by atoms with Gasteiger partial charge in [0.2, 0.25) is 0 Å². The molecule has 2 aliphatic rings. The maximum absolute atomic E-state index is 12.8. The summed E-state index contributed by atoms with van der Waals surface area (Å²) in [6.07, 6.45) is 0.837. The number of carbonyl (C=O) groups excluding carboxylic acids is 1. The van der Waals surface area contributed by atoms with E-state index in [0.29, 0.717) is 36.9 Å². The lowest BCUT2D eigenvalue weighted by Crippen LogP contribution is -2.39. The van der Waals surface area contributed by atoms with E-state index in [4.69, 9.17) is 19.2 Å². The molecule has 0 spiro atoms. The molecule has 0 saturated carbocycles. The topological polar surface area (TPSA) is 63.6 Å². The van der Waals surface area contributed by atoms with Gasteiger partial charge in [-0.15, -0.1) is 0 Å². The molecule has 3 aromatic rings. The van der Waals surface area contributed by atoms with Crippen LogP contribution in [-0.4, -0.2) is 61.4 Å². The number of benzene rings is 3. The van der Waals surface area contributed by atoms with Gasteiger partial charge >= 0.3 is 0 Å². The second-order valence-corrected chi connectivity index (χ2v) is 8.19. The summed E-state index contributed by atoms with van der Waals surface area (Å²) < 4.78 is 17.3. The fourth-order valence-electron chi connectivity index (χ4n) is 4.20. The summed E-state index contributed by atoms with van der Waals surface area (Å²) >= 11 is 0. The van der Waals surface area contributed by atoms with Crippen molar-refractivity contribution < 1.29 is 19.0 Å². The number of carbonyl (C=O) groups is 1. The van der Waals surface area contributed by atoms with Crippen LogP contribution in [0.3, 0.4) is 0 Å². The molecule has 0 radical (unpaired) electrons. The van der Waals surface area contributed by atoms with Crippen molar-refractivity contribution in [1.29, 1.82) is 0 Å². The van der Waals surface area contributed by atoms with Crippen LogP contribution >= 0.6 is 0 Å². The van der Waals surface area contributed by atoms with Gasteiger partial charge in [0.25, 0.3) is 5.91 Å². The molecule has 3 aromatic carbocycles. The SMILES string of the molecule is COc1ccc2c(c1)Oc1ccccc1N=C2N1CCCN(C(=O)COc2ccccc2)CC1. The molecule has 0 atom stereocenters. The number of hydrogen-bond donors (Lipinski definition) is 0. The summed E-state index contributed by atoms with van der Waals surface area (Å²) in [7, 11) is 1.64. The summed E-state index contributed by atoms with van der Waals surface area (Å²) in [4.78, 5) is 21.9. The van der Waals surface area contributed by atoms with Gasteiger partial charge in [-0.2, -0.15) is 0 Å². The van der Waals surface area contributed by atoms with Crippen LogP contribution in [0.25, 0.3) is 0 Å². The summed E-state index contributed by atoms with van der Waals surface area (Å²) in [6, 6.07) is 23.0. The molecular weight excluding hydrogens is 430 g/mol. The predicted octanol–water partition coefficient (Wildman–Crippen LogP) is 4.49. The highest BCUT2D eigenvalue weighted by Gasteiger charge is 2.26. The van der Waals surface area contributed by atoms with E-state index >= 15 is 0 Å². The molecule has 0 N–H and O–H groups in total. The molecule has 1 amide bonds. The van der Waals surface area contributed by atoms with Crippen molar-refractivity contribution >= 4 is 17.4 Å². The van der Waals surface area contributed by atoms with E-state index in [0.717, 1.165) is 35.8 Å². The maximum Gasteiger partial charge on any atom is 0.260 e. The second kappa shape index (κ2) is 9.87. The van der Waals surface area contributed by atoms with Gasteiger partial charge in [0, 0.05) is 32.2 Å². The lowest BCUT2D eigenvalue weighted by Gasteiger charge is -2.25. The highest BCUT2D eigenvalue weighted by atomic mass is 16.5. The summed E-state index contributed by atoms with van der Waals surface area (Å²) in [5, 5.41) is 0. The van der Waals surface area contributed by atoms with Crippen molar-refractivity contribution in [3.05, 3.63) is 78.4 Å². The number of amidine groups is 1. The number of methoxy groups -OCH3 is 1. The minimum Gasteiger partial charge on any atom is -0.497 e. The van der Waals surface area contributed by atoms with Gasteiger partial charge < -0.3 is 24.0 Å². The molecule has 2 aliphatic heterocycles. The van der Waals surface area contributed by atoms with Crippen LogP contribution < -0.4 is 14.2 Å². The fourth-order valence-corrected chi connectivity index (χ4v) is 4.20. The molecular formula is C27H27N3O4. The maximum atomic E-state index is 12.8. The first-order chi connectivity index (χ1) is 16.7. The van der Waals surface area contributed by atoms with Crippen molar-refractivity contribution in [3.63, 3.8) is 0 Å². The third kappa shape index (κ3) is 4.69. The molecule has 1 saturated heterocycles. The molecule has 0 aliphatic carbocycles. The standard InChI is InChI=1S/C27H27N3O4/c1-32-21-12-13-22-25(18-21)34-24-11-6-5-10-23(24)28-27(22)30-15-7-14-29(16-17-30)26(31)19-33-20-8-3-2-4-9-20/h2-6,8-13,18H,7,14-17,19H2,1H3. The highest BCUT2D eigenvalue weighted by Crippen LogP contribution is 2.39. The smallest absolute Gasteiger partial charge is 0.260 e. The molecule has 1 fully saturated rings. The molecule has 174 valence electrons. The minimum atomic E-state index is -0.00711. The monoisotopic (exact) mass is 457 g/mol.